The van der Waals surface area contributed by atoms with E-state index in [1.165, 1.54) is 11.1 Å². The lowest BCUT2D eigenvalue weighted by Gasteiger charge is -2.18. The molecule has 0 saturated heterocycles. The van der Waals surface area contributed by atoms with E-state index in [0.29, 0.717) is 5.82 Å². The highest BCUT2D eigenvalue weighted by Crippen LogP contribution is 2.21. The number of nitrogen functional groups attached to an aromatic ring is 1. The quantitative estimate of drug-likeness (QED) is 0.898. The van der Waals surface area contributed by atoms with E-state index in [0.717, 1.165) is 18.2 Å². The minimum Gasteiger partial charge on any atom is -0.384 e. The highest BCUT2D eigenvalue weighted by atomic mass is 15.1. The van der Waals surface area contributed by atoms with Crippen molar-refractivity contribution >= 4 is 11.6 Å². The fourth-order valence-electron chi connectivity index (χ4n) is 1.89. The van der Waals surface area contributed by atoms with Crippen LogP contribution in [-0.4, -0.2) is 9.97 Å². The molecule has 1 heterocycles. The molecule has 4 nitrogen and oxygen atoms in total. The third-order valence-electron chi connectivity index (χ3n) is 3.14. The smallest absolute Gasteiger partial charge is 0.138 e. The fraction of sp³-hybridized carbons (Fsp3) is 0.375. The van der Waals surface area contributed by atoms with E-state index < -0.39 is 0 Å². The summed E-state index contributed by atoms with van der Waals surface area (Å²) < 4.78 is 0. The number of benzene rings is 1. The normalized spacial score (nSPS) is 11.4. The Morgan fingerprint density at radius 3 is 2.50 bits per heavy atom. The predicted molar refractivity (Wildman–Crippen MR) is 83.7 cm³/mol. The standard InChI is InChI=1S/C16H22N4/c1-11-7-5-6-8-12(11)10-18-14-9-13(17)19-15(20-14)16(2,3)4/h5-9H,10H2,1-4H3,(H3,17,18,19,20). The number of aromatic nitrogens is 2. The Morgan fingerprint density at radius 2 is 1.85 bits per heavy atom. The molecule has 0 spiro atoms. The monoisotopic (exact) mass is 270 g/mol. The van der Waals surface area contributed by atoms with E-state index >= 15 is 0 Å². The summed E-state index contributed by atoms with van der Waals surface area (Å²) in [6.07, 6.45) is 0. The third-order valence-corrected chi connectivity index (χ3v) is 3.14. The maximum Gasteiger partial charge on any atom is 0.138 e. The lowest BCUT2D eigenvalue weighted by Crippen LogP contribution is -2.18. The molecule has 2 rings (SSSR count). The van der Waals surface area contributed by atoms with Gasteiger partial charge >= 0.3 is 0 Å². The summed E-state index contributed by atoms with van der Waals surface area (Å²) in [5.74, 6) is 2.02. The van der Waals surface area contributed by atoms with Crippen LogP contribution in [0.5, 0.6) is 0 Å². The molecule has 0 aliphatic heterocycles. The Bertz CT molecular complexity index is 600. The van der Waals surface area contributed by atoms with Gasteiger partial charge in [0.15, 0.2) is 0 Å². The van der Waals surface area contributed by atoms with Gasteiger partial charge in [0.05, 0.1) is 0 Å². The SMILES string of the molecule is Cc1ccccc1CNc1cc(N)nc(C(C)(C)C)n1. The Balaban J connectivity index is 2.18. The second-order valence-electron chi connectivity index (χ2n) is 6.03. The van der Waals surface area contributed by atoms with Crippen LogP contribution in [0.4, 0.5) is 11.6 Å². The Kier molecular flexibility index (Phi) is 3.93. The van der Waals surface area contributed by atoms with Crippen LogP contribution in [0.25, 0.3) is 0 Å². The van der Waals surface area contributed by atoms with Gasteiger partial charge in [0.2, 0.25) is 0 Å². The van der Waals surface area contributed by atoms with E-state index in [-0.39, 0.29) is 5.41 Å². The van der Waals surface area contributed by atoms with Crippen molar-refractivity contribution in [3.63, 3.8) is 0 Å². The molecule has 1 aromatic carbocycles. The second-order valence-corrected chi connectivity index (χ2v) is 6.03. The number of nitrogens with zero attached hydrogens (tertiary/aromatic N) is 2. The first-order valence-electron chi connectivity index (χ1n) is 6.79. The highest BCUT2D eigenvalue weighted by molar-refractivity contribution is 5.46. The zero-order valence-corrected chi connectivity index (χ0v) is 12.6. The lowest BCUT2D eigenvalue weighted by molar-refractivity contribution is 0.547. The van der Waals surface area contributed by atoms with E-state index in [1.54, 1.807) is 6.07 Å². The summed E-state index contributed by atoms with van der Waals surface area (Å²) >= 11 is 0. The van der Waals surface area contributed by atoms with Gasteiger partial charge in [-0.3, -0.25) is 0 Å². The van der Waals surface area contributed by atoms with Gasteiger partial charge in [0, 0.05) is 18.0 Å². The molecule has 0 saturated carbocycles. The number of nitrogens with one attached hydrogen (secondary N) is 1. The topological polar surface area (TPSA) is 63.8 Å². The fourth-order valence-corrected chi connectivity index (χ4v) is 1.89. The van der Waals surface area contributed by atoms with Gasteiger partial charge in [-0.05, 0) is 18.1 Å². The molecule has 106 valence electrons. The predicted octanol–water partition coefficient (Wildman–Crippen LogP) is 3.28. The van der Waals surface area contributed by atoms with E-state index in [1.807, 2.05) is 12.1 Å². The molecule has 0 aliphatic rings. The summed E-state index contributed by atoms with van der Waals surface area (Å²) in [5.41, 5.74) is 8.26. The number of hydrogen-bond donors (Lipinski definition) is 2. The van der Waals surface area contributed by atoms with Crippen LogP contribution < -0.4 is 11.1 Å². The van der Waals surface area contributed by atoms with Gasteiger partial charge in [0.25, 0.3) is 0 Å². The molecule has 0 radical (unpaired) electrons. The van der Waals surface area contributed by atoms with Gasteiger partial charge in [-0.2, -0.15) is 0 Å². The van der Waals surface area contributed by atoms with Gasteiger partial charge in [0.1, 0.15) is 17.5 Å². The maximum atomic E-state index is 5.86. The van der Waals surface area contributed by atoms with E-state index in [9.17, 15) is 0 Å². The average Bonchev–Trinajstić information content (AvgIpc) is 2.36. The second kappa shape index (κ2) is 5.49. The zero-order chi connectivity index (χ0) is 14.8. The van der Waals surface area contributed by atoms with Gasteiger partial charge < -0.3 is 11.1 Å². The zero-order valence-electron chi connectivity index (χ0n) is 12.6. The molecule has 0 aliphatic carbocycles. The number of aryl methyl sites for hydroxylation is 1. The minimum atomic E-state index is -0.117. The summed E-state index contributed by atoms with van der Waals surface area (Å²) in [7, 11) is 0. The summed E-state index contributed by atoms with van der Waals surface area (Å²) in [5, 5.41) is 3.32. The van der Waals surface area contributed by atoms with Crippen LogP contribution >= 0.6 is 0 Å². The van der Waals surface area contributed by atoms with Crippen molar-refractivity contribution in [3.05, 3.63) is 47.3 Å². The molecule has 0 amide bonds. The molecule has 3 N–H and O–H groups in total. The van der Waals surface area contributed by atoms with Gasteiger partial charge in [-0.15, -0.1) is 0 Å². The summed E-state index contributed by atoms with van der Waals surface area (Å²) in [6, 6.07) is 10.1. The van der Waals surface area contributed by atoms with Gasteiger partial charge in [-0.25, -0.2) is 9.97 Å². The minimum absolute atomic E-state index is 0.117. The molecular weight excluding hydrogens is 248 g/mol. The molecule has 0 atom stereocenters. The first-order valence-corrected chi connectivity index (χ1v) is 6.79. The summed E-state index contributed by atoms with van der Waals surface area (Å²) in [6.45, 7) is 9.06. The molecule has 0 fully saturated rings. The first-order chi connectivity index (χ1) is 9.36. The first kappa shape index (κ1) is 14.3. The maximum absolute atomic E-state index is 5.86. The number of anilines is 2. The van der Waals surface area contributed by atoms with Crippen molar-refractivity contribution in [1.82, 2.24) is 9.97 Å². The van der Waals surface area contributed by atoms with Crippen LogP contribution in [0.1, 0.15) is 37.7 Å². The third kappa shape index (κ3) is 3.47. The number of rotatable bonds is 3. The van der Waals surface area contributed by atoms with Crippen molar-refractivity contribution in [2.45, 2.75) is 39.7 Å². The average molecular weight is 270 g/mol. The van der Waals surface area contributed by atoms with Crippen molar-refractivity contribution < 1.29 is 0 Å². The summed E-state index contributed by atoms with van der Waals surface area (Å²) in [4.78, 5) is 8.85. The molecular formula is C16H22N4. The van der Waals surface area contributed by atoms with Crippen molar-refractivity contribution in [1.29, 1.82) is 0 Å². The van der Waals surface area contributed by atoms with Crippen LogP contribution in [0.15, 0.2) is 30.3 Å². The van der Waals surface area contributed by atoms with Crippen LogP contribution in [0.3, 0.4) is 0 Å². The highest BCUT2D eigenvalue weighted by Gasteiger charge is 2.18. The molecule has 2 aromatic rings. The largest absolute Gasteiger partial charge is 0.384 e. The van der Waals surface area contributed by atoms with Gasteiger partial charge in [-0.1, -0.05) is 45.0 Å². The van der Waals surface area contributed by atoms with Crippen molar-refractivity contribution in [2.24, 2.45) is 0 Å². The Hall–Kier alpha value is -2.10. The van der Waals surface area contributed by atoms with Crippen molar-refractivity contribution in [3.8, 4) is 0 Å². The number of nitrogens with two attached hydrogens (primary N) is 1. The lowest BCUT2D eigenvalue weighted by atomic mass is 9.96. The van der Waals surface area contributed by atoms with Crippen LogP contribution in [-0.2, 0) is 12.0 Å². The van der Waals surface area contributed by atoms with Crippen LogP contribution in [0.2, 0.25) is 0 Å². The van der Waals surface area contributed by atoms with Crippen molar-refractivity contribution in [2.75, 3.05) is 11.1 Å². The van der Waals surface area contributed by atoms with E-state index in [4.69, 9.17) is 5.73 Å². The number of hydrogen-bond acceptors (Lipinski definition) is 4. The Morgan fingerprint density at radius 1 is 1.15 bits per heavy atom. The molecule has 1 aromatic heterocycles. The molecule has 0 bridgehead atoms. The molecule has 4 heteroatoms. The van der Waals surface area contributed by atoms with E-state index in [2.05, 4.69) is 55.1 Å². The van der Waals surface area contributed by atoms with Crippen LogP contribution in [0, 0.1) is 6.92 Å². The molecule has 0 unspecified atom stereocenters. The Labute approximate surface area is 120 Å². The molecule has 20 heavy (non-hydrogen) atoms.